The number of nitrogens with zero attached hydrogens (tertiary/aromatic N) is 6. The van der Waals surface area contributed by atoms with Crippen LogP contribution >= 0.6 is 0 Å². The minimum atomic E-state index is 0.138. The molecule has 0 unspecified atom stereocenters. The number of rotatable bonds is 9. The maximum Gasteiger partial charge on any atom is 0.411 e. The number of benzene rings is 4. The fourth-order valence-electron chi connectivity index (χ4n) is 11.0. The minimum absolute atomic E-state index is 0.138. The van der Waals surface area contributed by atoms with Crippen molar-refractivity contribution in [3.63, 3.8) is 0 Å². The van der Waals surface area contributed by atoms with Gasteiger partial charge < -0.3 is 28.9 Å². The van der Waals surface area contributed by atoms with Crippen molar-refractivity contribution < 1.29 is 0 Å². The number of hydrogen-bond acceptors (Lipinski definition) is 6. The lowest BCUT2D eigenvalue weighted by Gasteiger charge is -2.34. The van der Waals surface area contributed by atoms with Crippen molar-refractivity contribution in [2.45, 2.75) is 120 Å². The van der Waals surface area contributed by atoms with E-state index < -0.39 is 0 Å². The minimum Gasteiger partial charge on any atom is -0.391 e. The Morgan fingerprint density at radius 3 is 0.712 bits per heavy atom. The molecule has 0 atom stereocenters. The standard InChI is InChI=1S/C36H45B3N6.2C7H14/c1-7-40-31-19-13-14-20-32(31)41(8-2)37(40)28-25-29(38-42(9-3)33-21-15-16-22-34(33)43(38)10-4)27-30(26-28)39-44(11-5)35-23-17-18-24-36(35)45(39)12-6;2*1-7-5-3-2-4-6-7/h13-27H,7-12H2,1-6H3;2*7H,2-6H2,1H3. The Morgan fingerprint density at radius 2 is 0.559 bits per heavy atom. The van der Waals surface area contributed by atoms with Crippen LogP contribution in [-0.2, 0) is 0 Å². The first kappa shape index (κ1) is 43.0. The molecular weight excluding hydrogens is 717 g/mol. The second-order valence-electron chi connectivity index (χ2n) is 17.7. The molecule has 0 spiro atoms. The molecule has 6 nitrogen and oxygen atoms in total. The third-order valence-electron chi connectivity index (χ3n) is 14.0. The summed E-state index contributed by atoms with van der Waals surface area (Å²) in [6.45, 7) is 24.6. The topological polar surface area (TPSA) is 19.4 Å². The van der Waals surface area contributed by atoms with Crippen molar-refractivity contribution >= 4 is 71.5 Å². The van der Waals surface area contributed by atoms with E-state index in [4.69, 9.17) is 0 Å². The Bertz CT molecular complexity index is 1630. The summed E-state index contributed by atoms with van der Waals surface area (Å²) in [7, 11) is 0. The van der Waals surface area contributed by atoms with Gasteiger partial charge in [0.2, 0.25) is 0 Å². The monoisotopic (exact) mass is 791 g/mol. The highest BCUT2D eigenvalue weighted by Crippen LogP contribution is 2.40. The van der Waals surface area contributed by atoms with E-state index in [0.29, 0.717) is 0 Å². The van der Waals surface area contributed by atoms with Crippen molar-refractivity contribution in [1.29, 1.82) is 0 Å². The number of fused-ring (bicyclic) bond motifs is 3. The Kier molecular flexibility index (Phi) is 14.5. The maximum atomic E-state index is 2.60. The van der Waals surface area contributed by atoms with Crippen LogP contribution < -0.4 is 45.3 Å². The predicted molar refractivity (Wildman–Crippen MR) is 265 cm³/mol. The van der Waals surface area contributed by atoms with Crippen LogP contribution in [0.25, 0.3) is 0 Å². The molecule has 0 bridgehead atoms. The van der Waals surface area contributed by atoms with Crippen molar-refractivity contribution in [2.75, 3.05) is 68.1 Å². The highest BCUT2D eigenvalue weighted by atomic mass is 15.3. The molecule has 0 saturated heterocycles. The Labute approximate surface area is 360 Å². The SMILES string of the molecule is CC1CCCCC1.CC1CCCCC1.CCN1B(c2cc(B3N(CC)c4ccccc4N3CC)cc(B3N(CC)c4ccccc4N3CC)c2)N(CC)c2ccccc21. The van der Waals surface area contributed by atoms with Gasteiger partial charge in [-0.25, -0.2) is 0 Å². The smallest absolute Gasteiger partial charge is 0.391 e. The molecule has 59 heavy (non-hydrogen) atoms. The van der Waals surface area contributed by atoms with Gasteiger partial charge in [-0.1, -0.05) is 133 Å². The summed E-state index contributed by atoms with van der Waals surface area (Å²) in [5, 5.41) is 0. The van der Waals surface area contributed by atoms with Gasteiger partial charge in [-0.15, -0.1) is 0 Å². The quantitative estimate of drug-likeness (QED) is 0.156. The molecule has 2 aliphatic carbocycles. The molecule has 4 aromatic carbocycles. The molecule has 9 heteroatoms. The third kappa shape index (κ3) is 8.73. The molecule has 4 aromatic rings. The third-order valence-corrected chi connectivity index (χ3v) is 14.0. The molecule has 5 aliphatic rings. The fourth-order valence-corrected chi connectivity index (χ4v) is 11.0. The summed E-state index contributed by atoms with van der Waals surface area (Å²) in [5.74, 6) is 2.07. The first-order valence-electron chi connectivity index (χ1n) is 23.9. The molecule has 2 fully saturated rings. The van der Waals surface area contributed by atoms with Gasteiger partial charge in [-0.05, 0) is 106 Å². The van der Waals surface area contributed by atoms with Crippen molar-refractivity contribution in [3.05, 3.63) is 91.0 Å². The van der Waals surface area contributed by atoms with Gasteiger partial charge in [0, 0.05) is 73.4 Å². The van der Waals surface area contributed by atoms with E-state index in [-0.39, 0.29) is 20.9 Å². The lowest BCUT2D eigenvalue weighted by Crippen LogP contribution is -2.64. The lowest BCUT2D eigenvalue weighted by atomic mass is 9.54. The van der Waals surface area contributed by atoms with Crippen molar-refractivity contribution in [2.24, 2.45) is 11.8 Å². The van der Waals surface area contributed by atoms with Gasteiger partial charge in [0.05, 0.1) is 0 Å². The second kappa shape index (κ2) is 20.0. The Balaban J connectivity index is 0.000000318. The van der Waals surface area contributed by atoms with E-state index >= 15 is 0 Å². The zero-order chi connectivity index (χ0) is 41.5. The summed E-state index contributed by atoms with van der Waals surface area (Å²) in [6, 6.07) is 34.4. The molecule has 9 rings (SSSR count). The summed E-state index contributed by atoms with van der Waals surface area (Å²) >= 11 is 0. The first-order chi connectivity index (χ1) is 28.9. The van der Waals surface area contributed by atoms with E-state index in [1.54, 1.807) is 0 Å². The maximum absolute atomic E-state index is 2.60. The van der Waals surface area contributed by atoms with E-state index in [1.165, 1.54) is 115 Å². The summed E-state index contributed by atoms with van der Waals surface area (Å²) in [5.41, 5.74) is 12.1. The first-order valence-corrected chi connectivity index (χ1v) is 23.9. The van der Waals surface area contributed by atoms with Gasteiger partial charge in [0.25, 0.3) is 0 Å². The van der Waals surface area contributed by atoms with Crippen LogP contribution in [-0.4, -0.2) is 60.2 Å². The average molecular weight is 791 g/mol. The summed E-state index contributed by atoms with van der Waals surface area (Å²) in [6.07, 6.45) is 14.9. The van der Waals surface area contributed by atoms with Gasteiger partial charge in [0.1, 0.15) is 0 Å². The van der Waals surface area contributed by atoms with E-state index in [2.05, 4.69) is 175 Å². The van der Waals surface area contributed by atoms with Gasteiger partial charge in [-0.3, -0.25) is 0 Å². The van der Waals surface area contributed by atoms with Crippen LogP contribution in [0, 0.1) is 11.8 Å². The Morgan fingerprint density at radius 1 is 0.356 bits per heavy atom. The van der Waals surface area contributed by atoms with Crippen LogP contribution in [0.3, 0.4) is 0 Å². The molecule has 0 N–H and O–H groups in total. The molecule has 3 aliphatic heterocycles. The van der Waals surface area contributed by atoms with Crippen molar-refractivity contribution in [3.8, 4) is 0 Å². The zero-order valence-corrected chi connectivity index (χ0v) is 38.0. The Hall–Kier alpha value is -4.13. The molecule has 3 heterocycles. The van der Waals surface area contributed by atoms with E-state index in [1.807, 2.05) is 0 Å². The molecule has 0 amide bonds. The molecular formula is C50H73B3N6. The van der Waals surface area contributed by atoms with Crippen molar-refractivity contribution in [1.82, 2.24) is 0 Å². The number of hydrogen-bond donors (Lipinski definition) is 0. The highest BCUT2D eigenvalue weighted by molar-refractivity contribution is 6.88. The van der Waals surface area contributed by atoms with Crippen LogP contribution in [0.1, 0.15) is 120 Å². The summed E-state index contributed by atoms with van der Waals surface area (Å²) < 4.78 is 0. The molecule has 0 radical (unpaired) electrons. The van der Waals surface area contributed by atoms with Gasteiger partial charge >= 0.3 is 20.9 Å². The second-order valence-corrected chi connectivity index (χ2v) is 17.7. The normalized spacial score (nSPS) is 17.8. The fraction of sp³-hybridized carbons (Fsp3) is 0.520. The van der Waals surface area contributed by atoms with E-state index in [9.17, 15) is 0 Å². The average Bonchev–Trinajstić information content (AvgIpc) is 3.91. The zero-order valence-electron chi connectivity index (χ0n) is 38.0. The van der Waals surface area contributed by atoms with Crippen LogP contribution in [0.15, 0.2) is 91.0 Å². The van der Waals surface area contributed by atoms with E-state index in [0.717, 1.165) is 51.1 Å². The summed E-state index contributed by atoms with van der Waals surface area (Å²) in [4.78, 5) is 15.6. The van der Waals surface area contributed by atoms with Crippen LogP contribution in [0.2, 0.25) is 0 Å². The molecule has 0 aromatic heterocycles. The number of anilines is 6. The lowest BCUT2D eigenvalue weighted by molar-refractivity contribution is 0.385. The molecule has 312 valence electrons. The molecule has 2 saturated carbocycles. The predicted octanol–water partition coefficient (Wildman–Crippen LogP) is 10.0. The van der Waals surface area contributed by atoms with Crippen LogP contribution in [0.4, 0.5) is 34.1 Å². The van der Waals surface area contributed by atoms with Gasteiger partial charge in [0.15, 0.2) is 0 Å². The largest absolute Gasteiger partial charge is 0.411 e. The van der Waals surface area contributed by atoms with Crippen LogP contribution in [0.5, 0.6) is 0 Å². The highest BCUT2D eigenvalue weighted by Gasteiger charge is 2.46. The number of para-hydroxylation sites is 6. The van der Waals surface area contributed by atoms with Gasteiger partial charge in [-0.2, -0.15) is 0 Å².